The second kappa shape index (κ2) is 3.53. The average Bonchev–Trinajstić information content (AvgIpc) is 2.60. The molecule has 0 amide bonds. The number of rotatable bonds is 2. The molecule has 1 aromatic heterocycles. The zero-order chi connectivity index (χ0) is 10.8. The molecular formula is C10H8N2O3. The summed E-state index contributed by atoms with van der Waals surface area (Å²) in [7, 11) is 1.54. The maximum atomic E-state index is 11.1. The summed E-state index contributed by atoms with van der Waals surface area (Å²) in [6.07, 6.45) is 0.717. The molecule has 0 saturated carbocycles. The van der Waals surface area contributed by atoms with Crippen LogP contribution in [-0.4, -0.2) is 16.0 Å². The third-order valence-electron chi connectivity index (χ3n) is 2.13. The topological polar surface area (TPSA) is 65.1 Å². The number of nitrogens with zero attached hydrogens (tertiary/aromatic N) is 2. The predicted molar refractivity (Wildman–Crippen MR) is 52.6 cm³/mol. The van der Waals surface area contributed by atoms with Gasteiger partial charge in [-0.3, -0.25) is 13.9 Å². The van der Waals surface area contributed by atoms with Crippen molar-refractivity contribution in [3.8, 4) is 11.4 Å². The number of hydrogen-bond acceptors (Lipinski definition) is 4. The quantitative estimate of drug-likeness (QED) is 0.680. The van der Waals surface area contributed by atoms with Gasteiger partial charge in [-0.05, 0) is 0 Å². The highest BCUT2D eigenvalue weighted by Crippen LogP contribution is 2.18. The van der Waals surface area contributed by atoms with E-state index in [2.05, 4.69) is 9.68 Å². The Labute approximate surface area is 84.9 Å². The van der Waals surface area contributed by atoms with Crippen molar-refractivity contribution in [2.24, 2.45) is 7.05 Å². The van der Waals surface area contributed by atoms with E-state index in [9.17, 15) is 9.59 Å². The molecule has 0 saturated heterocycles. The highest BCUT2D eigenvalue weighted by molar-refractivity contribution is 5.85. The fourth-order valence-electron chi connectivity index (χ4n) is 1.32. The maximum Gasteiger partial charge on any atom is 0.441 e. The molecule has 0 N–H and O–H groups in total. The lowest BCUT2D eigenvalue weighted by molar-refractivity contribution is 0.112. The van der Waals surface area contributed by atoms with Crippen molar-refractivity contribution in [1.29, 1.82) is 0 Å². The first-order chi connectivity index (χ1) is 7.24. The molecule has 0 bridgehead atoms. The van der Waals surface area contributed by atoms with Gasteiger partial charge in [0.05, 0.1) is 0 Å². The standard InChI is InChI=1S/C10H8N2O3/c1-12-9(11-15-10(12)14)8-5-3-2-4-7(8)6-13/h2-6H,1H3. The summed E-state index contributed by atoms with van der Waals surface area (Å²) in [5.74, 6) is -0.201. The monoisotopic (exact) mass is 204 g/mol. The lowest BCUT2D eigenvalue weighted by Crippen LogP contribution is -2.10. The van der Waals surface area contributed by atoms with Crippen molar-refractivity contribution in [1.82, 2.24) is 9.72 Å². The molecule has 0 atom stereocenters. The van der Waals surface area contributed by atoms with Crippen molar-refractivity contribution in [2.75, 3.05) is 0 Å². The van der Waals surface area contributed by atoms with Crippen LogP contribution >= 0.6 is 0 Å². The van der Waals surface area contributed by atoms with Gasteiger partial charge < -0.3 is 0 Å². The summed E-state index contributed by atoms with van der Waals surface area (Å²) in [5.41, 5.74) is 1.06. The number of hydrogen-bond donors (Lipinski definition) is 0. The molecular weight excluding hydrogens is 196 g/mol. The molecule has 2 rings (SSSR count). The van der Waals surface area contributed by atoms with Gasteiger partial charge in [0.1, 0.15) is 0 Å². The Morgan fingerprint density at radius 3 is 2.73 bits per heavy atom. The molecule has 0 unspecified atom stereocenters. The van der Waals surface area contributed by atoms with Crippen LogP contribution in [0.15, 0.2) is 33.6 Å². The molecule has 0 aliphatic carbocycles. The van der Waals surface area contributed by atoms with E-state index < -0.39 is 5.76 Å². The molecule has 1 heterocycles. The molecule has 0 radical (unpaired) electrons. The van der Waals surface area contributed by atoms with Crippen molar-refractivity contribution >= 4 is 6.29 Å². The van der Waals surface area contributed by atoms with E-state index in [-0.39, 0.29) is 0 Å². The fraction of sp³-hybridized carbons (Fsp3) is 0.100. The van der Waals surface area contributed by atoms with Crippen LogP contribution in [0.4, 0.5) is 0 Å². The minimum absolute atomic E-state index is 0.350. The number of carbonyl (C=O) groups is 1. The molecule has 1 aromatic carbocycles. The molecule has 15 heavy (non-hydrogen) atoms. The molecule has 5 nitrogen and oxygen atoms in total. The van der Waals surface area contributed by atoms with Gasteiger partial charge in [0.15, 0.2) is 12.1 Å². The smallest absolute Gasteiger partial charge is 0.298 e. The van der Waals surface area contributed by atoms with E-state index in [1.807, 2.05) is 0 Å². The first-order valence-electron chi connectivity index (χ1n) is 4.31. The highest BCUT2D eigenvalue weighted by atomic mass is 16.5. The minimum atomic E-state index is -0.550. The Morgan fingerprint density at radius 1 is 1.40 bits per heavy atom. The summed E-state index contributed by atoms with van der Waals surface area (Å²) < 4.78 is 5.74. The number of benzene rings is 1. The van der Waals surface area contributed by atoms with Gasteiger partial charge in [0.2, 0.25) is 0 Å². The van der Waals surface area contributed by atoms with E-state index in [4.69, 9.17) is 0 Å². The third-order valence-corrected chi connectivity index (χ3v) is 2.13. The Morgan fingerprint density at radius 2 is 2.13 bits per heavy atom. The minimum Gasteiger partial charge on any atom is -0.298 e. The van der Waals surface area contributed by atoms with Gasteiger partial charge in [0.25, 0.3) is 0 Å². The van der Waals surface area contributed by atoms with Crippen molar-refractivity contribution in [2.45, 2.75) is 0 Å². The van der Waals surface area contributed by atoms with Gasteiger partial charge in [0, 0.05) is 18.2 Å². The molecule has 5 heteroatoms. The fourth-order valence-corrected chi connectivity index (χ4v) is 1.32. The Hall–Kier alpha value is -2.17. The SMILES string of the molecule is Cn1c(-c2ccccc2C=O)noc1=O. The number of carbonyl (C=O) groups excluding carboxylic acids is 1. The average molecular weight is 204 g/mol. The Balaban J connectivity index is 2.68. The molecule has 2 aromatic rings. The highest BCUT2D eigenvalue weighted by Gasteiger charge is 2.12. The first kappa shape index (κ1) is 9.39. The van der Waals surface area contributed by atoms with E-state index in [0.717, 1.165) is 0 Å². The van der Waals surface area contributed by atoms with Crippen LogP contribution in [0.25, 0.3) is 11.4 Å². The maximum absolute atomic E-state index is 11.1. The van der Waals surface area contributed by atoms with Crippen molar-refractivity contribution < 1.29 is 9.32 Å². The predicted octanol–water partition coefficient (Wildman–Crippen LogP) is 0.853. The first-order valence-corrected chi connectivity index (χ1v) is 4.31. The van der Waals surface area contributed by atoms with Crippen LogP contribution in [0.2, 0.25) is 0 Å². The molecule has 76 valence electrons. The van der Waals surface area contributed by atoms with Crippen LogP contribution in [0.1, 0.15) is 10.4 Å². The summed E-state index contributed by atoms with van der Waals surface area (Å²) in [6, 6.07) is 6.87. The second-order valence-electron chi connectivity index (χ2n) is 3.04. The zero-order valence-corrected chi connectivity index (χ0v) is 8.01. The summed E-state index contributed by atoms with van der Waals surface area (Å²) >= 11 is 0. The molecule has 0 aliphatic heterocycles. The number of aldehydes is 1. The Kier molecular flexibility index (Phi) is 2.21. The molecule has 0 spiro atoms. The summed E-state index contributed by atoms with van der Waals surface area (Å²) in [4.78, 5) is 21.8. The van der Waals surface area contributed by atoms with Gasteiger partial charge in [-0.1, -0.05) is 29.4 Å². The van der Waals surface area contributed by atoms with Crippen LogP contribution < -0.4 is 5.76 Å². The van der Waals surface area contributed by atoms with E-state index in [1.165, 1.54) is 11.6 Å². The van der Waals surface area contributed by atoms with Crippen molar-refractivity contribution in [3.05, 3.63) is 40.4 Å². The van der Waals surface area contributed by atoms with Gasteiger partial charge in [-0.15, -0.1) is 0 Å². The van der Waals surface area contributed by atoms with E-state index in [0.29, 0.717) is 23.2 Å². The van der Waals surface area contributed by atoms with Crippen LogP contribution in [-0.2, 0) is 7.05 Å². The third kappa shape index (κ3) is 1.48. The largest absolute Gasteiger partial charge is 0.441 e. The molecule has 0 aliphatic rings. The van der Waals surface area contributed by atoms with Crippen LogP contribution in [0.5, 0.6) is 0 Å². The summed E-state index contributed by atoms with van der Waals surface area (Å²) in [5, 5.41) is 3.61. The summed E-state index contributed by atoms with van der Waals surface area (Å²) in [6.45, 7) is 0. The second-order valence-corrected chi connectivity index (χ2v) is 3.04. The van der Waals surface area contributed by atoms with Gasteiger partial charge in [-0.2, -0.15) is 0 Å². The van der Waals surface area contributed by atoms with Crippen LogP contribution in [0, 0.1) is 0 Å². The van der Waals surface area contributed by atoms with Crippen molar-refractivity contribution in [3.63, 3.8) is 0 Å². The van der Waals surface area contributed by atoms with Gasteiger partial charge in [-0.25, -0.2) is 4.79 Å². The van der Waals surface area contributed by atoms with Crippen LogP contribution in [0.3, 0.4) is 0 Å². The lowest BCUT2D eigenvalue weighted by Gasteiger charge is -2.00. The lowest BCUT2D eigenvalue weighted by atomic mass is 10.1. The molecule has 0 fully saturated rings. The number of aromatic nitrogens is 2. The Bertz CT molecular complexity index is 554. The zero-order valence-electron chi connectivity index (χ0n) is 8.01. The van der Waals surface area contributed by atoms with Gasteiger partial charge >= 0.3 is 5.76 Å². The van der Waals surface area contributed by atoms with E-state index >= 15 is 0 Å². The normalized spacial score (nSPS) is 10.2. The van der Waals surface area contributed by atoms with E-state index in [1.54, 1.807) is 24.3 Å².